The molecule has 0 aliphatic carbocycles. The maximum atomic E-state index is 12.8. The third kappa shape index (κ3) is 3.90. The lowest BCUT2D eigenvalue weighted by Gasteiger charge is -2.16. The summed E-state index contributed by atoms with van der Waals surface area (Å²) in [6.07, 6.45) is 3.82. The summed E-state index contributed by atoms with van der Waals surface area (Å²) in [6.45, 7) is 1.25. The predicted octanol–water partition coefficient (Wildman–Crippen LogP) is 4.36. The fourth-order valence-corrected chi connectivity index (χ4v) is 3.23. The Morgan fingerprint density at radius 3 is 2.48 bits per heavy atom. The van der Waals surface area contributed by atoms with Crippen molar-refractivity contribution in [1.82, 2.24) is 14.7 Å². The van der Waals surface area contributed by atoms with Crippen molar-refractivity contribution in [3.63, 3.8) is 0 Å². The Bertz CT molecular complexity index is 1070. The second kappa shape index (κ2) is 7.46. The molecule has 0 radical (unpaired) electrons. The van der Waals surface area contributed by atoms with Gasteiger partial charge < -0.3 is 4.90 Å². The van der Waals surface area contributed by atoms with Crippen LogP contribution < -0.4 is 0 Å². The molecule has 0 bridgehead atoms. The summed E-state index contributed by atoms with van der Waals surface area (Å²) in [7, 11) is 1.83. The van der Waals surface area contributed by atoms with E-state index in [0.29, 0.717) is 12.1 Å². The van der Waals surface area contributed by atoms with Gasteiger partial charge in [-0.15, -0.1) is 0 Å². The number of fused-ring (bicyclic) bond motifs is 1. The first-order valence-corrected chi connectivity index (χ1v) is 8.98. The Hall–Kier alpha value is -3.40. The van der Waals surface area contributed by atoms with Crippen LogP contribution in [0, 0.1) is 0 Å². The molecule has 4 aromatic rings. The Balaban J connectivity index is 1.45. The zero-order valence-corrected chi connectivity index (χ0v) is 15.2. The lowest BCUT2D eigenvalue weighted by molar-refractivity contribution is 0.0785. The first-order valence-electron chi connectivity index (χ1n) is 8.98. The van der Waals surface area contributed by atoms with E-state index in [1.165, 1.54) is 5.56 Å². The molecule has 1 aromatic heterocycles. The molecule has 0 aliphatic rings. The molecule has 134 valence electrons. The van der Waals surface area contributed by atoms with E-state index in [9.17, 15) is 4.79 Å². The second-order valence-corrected chi connectivity index (χ2v) is 6.75. The van der Waals surface area contributed by atoms with Crippen LogP contribution in [0.4, 0.5) is 0 Å². The predicted molar refractivity (Wildman–Crippen MR) is 108 cm³/mol. The molecular weight excluding hydrogens is 334 g/mol. The van der Waals surface area contributed by atoms with Gasteiger partial charge in [0.1, 0.15) is 0 Å². The van der Waals surface area contributed by atoms with Crippen molar-refractivity contribution in [1.29, 1.82) is 0 Å². The smallest absolute Gasteiger partial charge is 0.253 e. The van der Waals surface area contributed by atoms with Crippen LogP contribution in [-0.2, 0) is 13.1 Å². The van der Waals surface area contributed by atoms with Crippen molar-refractivity contribution in [3.05, 3.63) is 102 Å². The second-order valence-electron chi connectivity index (χ2n) is 6.75. The van der Waals surface area contributed by atoms with E-state index in [-0.39, 0.29) is 5.91 Å². The summed E-state index contributed by atoms with van der Waals surface area (Å²) in [5.74, 6) is 0.0107. The van der Waals surface area contributed by atoms with Crippen LogP contribution in [0.25, 0.3) is 10.8 Å². The zero-order valence-electron chi connectivity index (χ0n) is 15.2. The van der Waals surface area contributed by atoms with Crippen molar-refractivity contribution in [2.24, 2.45) is 0 Å². The minimum atomic E-state index is 0.0107. The number of benzene rings is 3. The molecule has 0 fully saturated rings. The molecule has 0 N–H and O–H groups in total. The highest BCUT2D eigenvalue weighted by Crippen LogP contribution is 2.17. The number of carbonyl (C=O) groups is 1. The highest BCUT2D eigenvalue weighted by molar-refractivity contribution is 5.98. The maximum absolute atomic E-state index is 12.8. The fourth-order valence-electron chi connectivity index (χ4n) is 3.23. The van der Waals surface area contributed by atoms with Crippen molar-refractivity contribution < 1.29 is 4.79 Å². The van der Waals surface area contributed by atoms with Gasteiger partial charge >= 0.3 is 0 Å². The maximum Gasteiger partial charge on any atom is 0.253 e. The molecule has 27 heavy (non-hydrogen) atoms. The largest absolute Gasteiger partial charge is 0.337 e. The van der Waals surface area contributed by atoms with Gasteiger partial charge in [0, 0.05) is 30.9 Å². The average molecular weight is 355 g/mol. The first kappa shape index (κ1) is 17.0. The first-order chi connectivity index (χ1) is 13.2. The summed E-state index contributed by atoms with van der Waals surface area (Å²) < 4.78 is 1.90. The monoisotopic (exact) mass is 355 g/mol. The number of carbonyl (C=O) groups excluding carboxylic acids is 1. The number of rotatable bonds is 5. The molecule has 0 saturated heterocycles. The molecule has 0 spiro atoms. The molecule has 0 saturated carbocycles. The molecular formula is C23H21N3O. The third-order valence-corrected chi connectivity index (χ3v) is 4.64. The van der Waals surface area contributed by atoms with Gasteiger partial charge in [-0.1, -0.05) is 60.7 Å². The number of hydrogen-bond donors (Lipinski definition) is 0. The summed E-state index contributed by atoms with van der Waals surface area (Å²) in [4.78, 5) is 14.5. The molecule has 4 rings (SSSR count). The number of aromatic nitrogens is 2. The highest BCUT2D eigenvalue weighted by Gasteiger charge is 2.13. The average Bonchev–Trinajstić information content (AvgIpc) is 3.14. The normalized spacial score (nSPS) is 10.9. The number of amides is 1. The quantitative estimate of drug-likeness (QED) is 0.534. The van der Waals surface area contributed by atoms with Gasteiger partial charge in [0.2, 0.25) is 0 Å². The summed E-state index contributed by atoms with van der Waals surface area (Å²) in [6, 6.07) is 24.1. The van der Waals surface area contributed by atoms with E-state index in [2.05, 4.69) is 23.3 Å². The van der Waals surface area contributed by atoms with Crippen molar-refractivity contribution in [3.8, 4) is 0 Å². The van der Waals surface area contributed by atoms with Crippen LogP contribution in [0.1, 0.15) is 21.5 Å². The van der Waals surface area contributed by atoms with E-state index in [4.69, 9.17) is 0 Å². The standard InChI is InChI=1S/C23H21N3O/c1-25(23(27)22-12-11-20-9-5-6-10-21(20)13-22)15-19-14-24-26(17-19)16-18-7-3-2-4-8-18/h2-14,17H,15-16H2,1H3. The van der Waals surface area contributed by atoms with Crippen LogP contribution >= 0.6 is 0 Å². The van der Waals surface area contributed by atoms with E-state index in [1.807, 2.05) is 78.7 Å². The molecule has 4 nitrogen and oxygen atoms in total. The fraction of sp³-hybridized carbons (Fsp3) is 0.130. The number of hydrogen-bond acceptors (Lipinski definition) is 2. The van der Waals surface area contributed by atoms with Crippen LogP contribution in [0.3, 0.4) is 0 Å². The summed E-state index contributed by atoms with van der Waals surface area (Å²) in [5, 5.41) is 6.63. The molecule has 4 heteroatoms. The van der Waals surface area contributed by atoms with Gasteiger partial charge in [-0.05, 0) is 28.5 Å². The van der Waals surface area contributed by atoms with Gasteiger partial charge in [0.25, 0.3) is 5.91 Å². The van der Waals surface area contributed by atoms with E-state index < -0.39 is 0 Å². The Morgan fingerprint density at radius 1 is 0.926 bits per heavy atom. The van der Waals surface area contributed by atoms with Gasteiger partial charge in [-0.2, -0.15) is 5.10 Å². The van der Waals surface area contributed by atoms with Crippen molar-refractivity contribution >= 4 is 16.7 Å². The molecule has 0 unspecified atom stereocenters. The van der Waals surface area contributed by atoms with E-state index >= 15 is 0 Å². The van der Waals surface area contributed by atoms with Gasteiger partial charge in [0.15, 0.2) is 0 Å². The van der Waals surface area contributed by atoms with Crippen LogP contribution in [0.15, 0.2) is 85.2 Å². The van der Waals surface area contributed by atoms with Crippen LogP contribution in [-0.4, -0.2) is 27.6 Å². The minimum Gasteiger partial charge on any atom is -0.337 e. The topological polar surface area (TPSA) is 38.1 Å². The molecule has 1 amide bonds. The molecule has 3 aromatic carbocycles. The molecule has 1 heterocycles. The van der Waals surface area contributed by atoms with E-state index in [1.54, 1.807) is 4.90 Å². The zero-order chi connectivity index (χ0) is 18.6. The van der Waals surface area contributed by atoms with Gasteiger partial charge in [-0.25, -0.2) is 0 Å². The molecule has 0 atom stereocenters. The van der Waals surface area contributed by atoms with Gasteiger partial charge in [-0.3, -0.25) is 9.48 Å². The third-order valence-electron chi connectivity index (χ3n) is 4.64. The van der Waals surface area contributed by atoms with Crippen LogP contribution in [0.5, 0.6) is 0 Å². The van der Waals surface area contributed by atoms with Crippen molar-refractivity contribution in [2.75, 3.05) is 7.05 Å². The lowest BCUT2D eigenvalue weighted by atomic mass is 10.1. The van der Waals surface area contributed by atoms with Crippen molar-refractivity contribution in [2.45, 2.75) is 13.1 Å². The Morgan fingerprint density at radius 2 is 1.67 bits per heavy atom. The number of nitrogens with zero attached hydrogens (tertiary/aromatic N) is 3. The minimum absolute atomic E-state index is 0.0107. The summed E-state index contributed by atoms with van der Waals surface area (Å²) in [5.41, 5.74) is 2.92. The Kier molecular flexibility index (Phi) is 4.71. The van der Waals surface area contributed by atoms with Crippen LogP contribution in [0.2, 0.25) is 0 Å². The highest BCUT2D eigenvalue weighted by atomic mass is 16.2. The van der Waals surface area contributed by atoms with E-state index in [0.717, 1.165) is 22.9 Å². The van der Waals surface area contributed by atoms with Gasteiger partial charge in [0.05, 0.1) is 12.7 Å². The lowest BCUT2D eigenvalue weighted by Crippen LogP contribution is -2.26. The Labute approximate surface area is 158 Å². The SMILES string of the molecule is CN(Cc1cnn(Cc2ccccc2)c1)C(=O)c1ccc2ccccc2c1. The summed E-state index contributed by atoms with van der Waals surface area (Å²) >= 11 is 0. The molecule has 0 aliphatic heterocycles.